The summed E-state index contributed by atoms with van der Waals surface area (Å²) < 4.78 is 5.16. The minimum Gasteiger partial charge on any atom is -0.462 e. The van der Waals surface area contributed by atoms with Crippen LogP contribution in [-0.4, -0.2) is 36.7 Å². The second-order valence-corrected chi connectivity index (χ2v) is 8.03. The third-order valence-corrected chi connectivity index (χ3v) is 5.50. The molecule has 2 amide bonds. The molecule has 1 aromatic carbocycles. The number of hydrogen-bond donors (Lipinski definition) is 2. The first-order valence-corrected chi connectivity index (χ1v) is 10.9. The van der Waals surface area contributed by atoms with Gasteiger partial charge in [-0.1, -0.05) is 17.3 Å². The van der Waals surface area contributed by atoms with Crippen molar-refractivity contribution in [2.24, 2.45) is 5.16 Å². The molecule has 0 bridgehead atoms. The standard InChI is InChI=1S/C22H25N3O5S/c1-4-29-22(28)20-18(16-5-6-16)12-31-21(20)24-19(27)11-30-25-13(2)15-7-9-17(10-8-15)23-14(3)26/h7-10,12,16H,4-6,11H2,1-3H3,(H,23,26)(H,24,27)/b25-13+. The molecule has 0 radical (unpaired) electrons. The molecule has 0 saturated heterocycles. The number of nitrogens with one attached hydrogen (secondary N) is 2. The summed E-state index contributed by atoms with van der Waals surface area (Å²) in [4.78, 5) is 40.9. The van der Waals surface area contributed by atoms with Gasteiger partial charge < -0.3 is 20.2 Å². The van der Waals surface area contributed by atoms with Crippen molar-refractivity contribution in [1.82, 2.24) is 0 Å². The van der Waals surface area contributed by atoms with E-state index in [1.165, 1.54) is 18.3 Å². The van der Waals surface area contributed by atoms with E-state index in [2.05, 4.69) is 15.8 Å². The molecule has 1 heterocycles. The molecule has 1 aromatic heterocycles. The molecule has 0 aliphatic heterocycles. The van der Waals surface area contributed by atoms with Crippen molar-refractivity contribution in [3.8, 4) is 0 Å². The highest BCUT2D eigenvalue weighted by molar-refractivity contribution is 7.15. The number of amides is 2. The van der Waals surface area contributed by atoms with Crippen molar-refractivity contribution in [2.45, 2.75) is 39.5 Å². The van der Waals surface area contributed by atoms with Crippen molar-refractivity contribution in [3.05, 3.63) is 46.3 Å². The summed E-state index contributed by atoms with van der Waals surface area (Å²) in [5.74, 6) is -0.610. The SMILES string of the molecule is CCOC(=O)c1c(C2CC2)csc1NC(=O)CO/N=C(\C)c1ccc(NC(C)=O)cc1. The fraction of sp³-hybridized carbons (Fsp3) is 0.364. The van der Waals surface area contributed by atoms with Crippen molar-refractivity contribution < 1.29 is 24.0 Å². The number of thiophene rings is 1. The van der Waals surface area contributed by atoms with Gasteiger partial charge in [0, 0.05) is 12.6 Å². The molecular formula is C22H25N3O5S. The molecule has 0 spiro atoms. The predicted molar refractivity (Wildman–Crippen MR) is 120 cm³/mol. The van der Waals surface area contributed by atoms with Crippen molar-refractivity contribution >= 4 is 45.5 Å². The number of ether oxygens (including phenoxy) is 1. The Balaban J connectivity index is 1.58. The van der Waals surface area contributed by atoms with Gasteiger partial charge in [0.2, 0.25) is 5.91 Å². The van der Waals surface area contributed by atoms with Crippen LogP contribution in [0.5, 0.6) is 0 Å². The minimum absolute atomic E-state index is 0.145. The number of hydrogen-bond acceptors (Lipinski definition) is 7. The topological polar surface area (TPSA) is 106 Å². The Morgan fingerprint density at radius 2 is 1.84 bits per heavy atom. The lowest BCUT2D eigenvalue weighted by molar-refractivity contribution is -0.120. The van der Waals surface area contributed by atoms with E-state index in [4.69, 9.17) is 9.57 Å². The number of esters is 1. The Morgan fingerprint density at radius 1 is 1.13 bits per heavy atom. The summed E-state index contributed by atoms with van der Waals surface area (Å²) in [6.45, 7) is 4.93. The van der Waals surface area contributed by atoms with Gasteiger partial charge in [-0.25, -0.2) is 4.79 Å². The lowest BCUT2D eigenvalue weighted by Crippen LogP contribution is -2.19. The van der Waals surface area contributed by atoms with Gasteiger partial charge in [-0.2, -0.15) is 0 Å². The van der Waals surface area contributed by atoms with E-state index >= 15 is 0 Å². The third kappa shape index (κ3) is 6.14. The van der Waals surface area contributed by atoms with Crippen LogP contribution in [0.15, 0.2) is 34.8 Å². The number of oxime groups is 1. The fourth-order valence-electron chi connectivity index (χ4n) is 2.97. The fourth-order valence-corrected chi connectivity index (χ4v) is 4.02. The first kappa shape index (κ1) is 22.5. The molecule has 1 aliphatic carbocycles. The van der Waals surface area contributed by atoms with E-state index in [0.717, 1.165) is 24.0 Å². The predicted octanol–water partition coefficient (Wildman–Crippen LogP) is 4.14. The van der Waals surface area contributed by atoms with Crippen LogP contribution in [0.4, 0.5) is 10.7 Å². The molecule has 2 N–H and O–H groups in total. The van der Waals surface area contributed by atoms with Gasteiger partial charge >= 0.3 is 5.97 Å². The molecule has 164 valence electrons. The molecule has 31 heavy (non-hydrogen) atoms. The van der Waals surface area contributed by atoms with Gasteiger partial charge in [0.15, 0.2) is 6.61 Å². The van der Waals surface area contributed by atoms with Gasteiger partial charge in [-0.05, 0) is 61.2 Å². The normalized spacial score (nSPS) is 13.5. The third-order valence-electron chi connectivity index (χ3n) is 4.59. The van der Waals surface area contributed by atoms with Gasteiger partial charge in [0.1, 0.15) is 5.00 Å². The van der Waals surface area contributed by atoms with Crippen LogP contribution in [0, 0.1) is 0 Å². The van der Waals surface area contributed by atoms with Gasteiger partial charge in [0.05, 0.1) is 17.9 Å². The van der Waals surface area contributed by atoms with E-state index in [0.29, 0.717) is 27.9 Å². The van der Waals surface area contributed by atoms with Crippen LogP contribution >= 0.6 is 11.3 Å². The Labute approximate surface area is 184 Å². The maximum absolute atomic E-state index is 12.4. The molecule has 9 heteroatoms. The summed E-state index contributed by atoms with van der Waals surface area (Å²) in [5.41, 5.74) is 3.45. The van der Waals surface area contributed by atoms with E-state index in [9.17, 15) is 14.4 Å². The molecular weight excluding hydrogens is 418 g/mol. The van der Waals surface area contributed by atoms with Gasteiger partial charge in [-0.15, -0.1) is 11.3 Å². The van der Waals surface area contributed by atoms with E-state index in [-0.39, 0.29) is 19.1 Å². The molecule has 3 rings (SSSR count). The van der Waals surface area contributed by atoms with Crippen LogP contribution in [0.2, 0.25) is 0 Å². The second-order valence-electron chi connectivity index (χ2n) is 7.15. The van der Waals surface area contributed by atoms with Crippen molar-refractivity contribution in [3.63, 3.8) is 0 Å². The Kier molecular flexibility index (Phi) is 7.41. The lowest BCUT2D eigenvalue weighted by atomic mass is 10.1. The lowest BCUT2D eigenvalue weighted by Gasteiger charge is -2.08. The smallest absolute Gasteiger partial charge is 0.341 e. The second kappa shape index (κ2) is 10.2. The van der Waals surface area contributed by atoms with Gasteiger partial charge in [0.25, 0.3) is 5.91 Å². The summed E-state index contributed by atoms with van der Waals surface area (Å²) in [7, 11) is 0. The van der Waals surface area contributed by atoms with Crippen LogP contribution in [0.3, 0.4) is 0 Å². The average Bonchev–Trinajstić information content (AvgIpc) is 3.48. The zero-order chi connectivity index (χ0) is 22.4. The quantitative estimate of drug-likeness (QED) is 0.344. The summed E-state index contributed by atoms with van der Waals surface area (Å²) in [5, 5.41) is 11.8. The largest absolute Gasteiger partial charge is 0.462 e. The zero-order valence-electron chi connectivity index (χ0n) is 17.7. The average molecular weight is 444 g/mol. The molecule has 1 aliphatic rings. The first-order valence-electron chi connectivity index (χ1n) is 10.0. The number of rotatable bonds is 9. The highest BCUT2D eigenvalue weighted by atomic mass is 32.1. The van der Waals surface area contributed by atoms with E-state index < -0.39 is 11.9 Å². The number of nitrogens with zero attached hydrogens (tertiary/aromatic N) is 1. The zero-order valence-corrected chi connectivity index (χ0v) is 18.5. The molecule has 2 aromatic rings. The Hall–Kier alpha value is -3.20. The summed E-state index contributed by atoms with van der Waals surface area (Å²) >= 11 is 1.32. The van der Waals surface area contributed by atoms with Crippen molar-refractivity contribution in [1.29, 1.82) is 0 Å². The molecule has 1 fully saturated rings. The summed E-state index contributed by atoms with van der Waals surface area (Å²) in [6.07, 6.45) is 2.08. The number of benzene rings is 1. The number of carbonyl (C=O) groups is 3. The Bertz CT molecular complexity index is 993. The van der Waals surface area contributed by atoms with E-state index in [1.54, 1.807) is 38.1 Å². The molecule has 1 saturated carbocycles. The summed E-state index contributed by atoms with van der Waals surface area (Å²) in [6, 6.07) is 7.11. The maximum atomic E-state index is 12.4. The Morgan fingerprint density at radius 3 is 2.45 bits per heavy atom. The molecule has 0 unspecified atom stereocenters. The molecule has 0 atom stereocenters. The maximum Gasteiger partial charge on any atom is 0.341 e. The monoisotopic (exact) mass is 443 g/mol. The first-order chi connectivity index (χ1) is 14.9. The minimum atomic E-state index is -0.418. The van der Waals surface area contributed by atoms with Crippen LogP contribution in [0.1, 0.15) is 61.0 Å². The van der Waals surface area contributed by atoms with Gasteiger partial charge in [-0.3, -0.25) is 9.59 Å². The van der Waals surface area contributed by atoms with Crippen LogP contribution < -0.4 is 10.6 Å². The van der Waals surface area contributed by atoms with Crippen molar-refractivity contribution in [2.75, 3.05) is 23.8 Å². The highest BCUT2D eigenvalue weighted by Gasteiger charge is 2.32. The molecule has 8 nitrogen and oxygen atoms in total. The number of anilines is 2. The number of carbonyl (C=O) groups excluding carboxylic acids is 3. The van der Waals surface area contributed by atoms with E-state index in [1.807, 2.05) is 5.38 Å². The highest BCUT2D eigenvalue weighted by Crippen LogP contribution is 2.46. The van der Waals surface area contributed by atoms with Crippen LogP contribution in [0.25, 0.3) is 0 Å². The van der Waals surface area contributed by atoms with Crippen LogP contribution in [-0.2, 0) is 19.2 Å².